The molecule has 2 fully saturated rings. The van der Waals surface area contributed by atoms with E-state index in [1.54, 1.807) is 6.33 Å². The Balaban J connectivity index is 1.17. The van der Waals surface area contributed by atoms with Crippen LogP contribution >= 0.6 is 0 Å². The van der Waals surface area contributed by atoms with Crippen LogP contribution in [-0.4, -0.2) is 24.8 Å². The number of rotatable bonds is 6. The molecule has 3 heterocycles. The van der Waals surface area contributed by atoms with Crippen LogP contribution in [0.1, 0.15) is 88.7 Å². The summed E-state index contributed by atoms with van der Waals surface area (Å²) in [6.45, 7) is 0. The molecule has 0 saturated heterocycles. The number of fused-ring (bicyclic) bond motifs is 3. The van der Waals surface area contributed by atoms with Crippen LogP contribution in [0.2, 0.25) is 0 Å². The van der Waals surface area contributed by atoms with E-state index in [9.17, 15) is 0 Å². The fourth-order valence-corrected chi connectivity index (χ4v) is 5.58. The highest BCUT2D eigenvalue weighted by atomic mass is 15.4. The Kier molecular flexibility index (Phi) is 4.85. The van der Waals surface area contributed by atoms with Gasteiger partial charge in [0, 0.05) is 17.5 Å². The van der Waals surface area contributed by atoms with Gasteiger partial charge < -0.3 is 4.98 Å². The van der Waals surface area contributed by atoms with Crippen molar-refractivity contribution in [1.82, 2.24) is 24.8 Å². The molecule has 2 aliphatic carbocycles. The number of aromatic amines is 1. The molecule has 3 aromatic rings. The van der Waals surface area contributed by atoms with E-state index in [2.05, 4.69) is 26.3 Å². The molecular formula is C22H31N5. The maximum atomic E-state index is 4.55. The van der Waals surface area contributed by atoms with E-state index < -0.39 is 0 Å². The number of hydrogen-bond acceptors (Lipinski definition) is 3. The van der Waals surface area contributed by atoms with Crippen molar-refractivity contribution in [3.63, 3.8) is 0 Å². The van der Waals surface area contributed by atoms with Crippen LogP contribution in [-0.2, 0) is 0 Å². The molecule has 0 radical (unpaired) electrons. The van der Waals surface area contributed by atoms with Gasteiger partial charge in [-0.25, -0.2) is 9.50 Å². The predicted octanol–water partition coefficient (Wildman–Crippen LogP) is 5.63. The number of nitrogens with zero attached hydrogens (tertiary/aromatic N) is 4. The number of hydrogen-bond donors (Lipinski definition) is 1. The van der Waals surface area contributed by atoms with Gasteiger partial charge in [-0.15, -0.1) is 5.10 Å². The lowest BCUT2D eigenvalue weighted by Crippen LogP contribution is -2.14. The lowest BCUT2D eigenvalue weighted by Gasteiger charge is -2.27. The third kappa shape index (κ3) is 3.48. The monoisotopic (exact) mass is 365 g/mol. The molecule has 0 unspecified atom stereocenters. The number of H-pyrrole nitrogens is 1. The van der Waals surface area contributed by atoms with Crippen molar-refractivity contribution in [1.29, 1.82) is 0 Å². The van der Waals surface area contributed by atoms with Crippen LogP contribution in [0.5, 0.6) is 0 Å². The molecule has 3 aromatic heterocycles. The van der Waals surface area contributed by atoms with Crippen LogP contribution in [0, 0.1) is 11.8 Å². The molecule has 2 aliphatic rings. The first kappa shape index (κ1) is 17.2. The summed E-state index contributed by atoms with van der Waals surface area (Å²) in [6, 6.07) is 2.10. The molecular weight excluding hydrogens is 334 g/mol. The van der Waals surface area contributed by atoms with Crippen molar-refractivity contribution < 1.29 is 0 Å². The molecule has 2 saturated carbocycles. The highest BCUT2D eigenvalue weighted by Gasteiger charge is 2.26. The third-order valence-corrected chi connectivity index (χ3v) is 7.18. The summed E-state index contributed by atoms with van der Waals surface area (Å²) >= 11 is 0. The summed E-state index contributed by atoms with van der Waals surface area (Å²) < 4.78 is 1.85. The maximum absolute atomic E-state index is 4.55. The van der Waals surface area contributed by atoms with Crippen LogP contribution in [0.15, 0.2) is 18.6 Å². The van der Waals surface area contributed by atoms with Gasteiger partial charge in [-0.05, 0) is 43.6 Å². The normalized spacial score (nSPS) is 24.3. The largest absolute Gasteiger partial charge is 0.346 e. The van der Waals surface area contributed by atoms with E-state index >= 15 is 0 Å². The van der Waals surface area contributed by atoms with Gasteiger partial charge >= 0.3 is 0 Å². The Bertz CT molecular complexity index is 881. The lowest BCUT2D eigenvalue weighted by molar-refractivity contribution is 0.297. The van der Waals surface area contributed by atoms with Gasteiger partial charge in [0.1, 0.15) is 17.5 Å². The zero-order valence-corrected chi connectivity index (χ0v) is 16.2. The molecule has 1 N–H and O–H groups in total. The van der Waals surface area contributed by atoms with Crippen molar-refractivity contribution in [2.24, 2.45) is 11.8 Å². The number of unbranched alkanes of at least 4 members (excludes halogenated alkanes) is 1. The minimum Gasteiger partial charge on any atom is -0.346 e. The lowest BCUT2D eigenvalue weighted by atomic mass is 9.78. The van der Waals surface area contributed by atoms with Gasteiger partial charge in [0.25, 0.3) is 0 Å². The molecule has 27 heavy (non-hydrogen) atoms. The van der Waals surface area contributed by atoms with Crippen LogP contribution in [0.3, 0.4) is 0 Å². The minimum absolute atomic E-state index is 0.553. The first-order valence-corrected chi connectivity index (χ1v) is 11.1. The zero-order valence-electron chi connectivity index (χ0n) is 16.2. The average Bonchev–Trinajstić information content (AvgIpc) is 3.45. The highest BCUT2D eigenvalue weighted by Crippen LogP contribution is 2.39. The quantitative estimate of drug-likeness (QED) is 0.576. The first-order valence-electron chi connectivity index (χ1n) is 11.1. The number of nitrogens with one attached hydrogen (secondary N) is 1. The van der Waals surface area contributed by atoms with Gasteiger partial charge in [0.05, 0.1) is 5.69 Å². The van der Waals surface area contributed by atoms with Crippen LogP contribution in [0.4, 0.5) is 0 Å². The van der Waals surface area contributed by atoms with Crippen molar-refractivity contribution in [3.8, 4) is 0 Å². The average molecular weight is 366 g/mol. The summed E-state index contributed by atoms with van der Waals surface area (Å²) in [4.78, 5) is 7.62. The summed E-state index contributed by atoms with van der Waals surface area (Å²) in [5, 5.41) is 10.0. The Morgan fingerprint density at radius 1 is 0.963 bits per heavy atom. The van der Waals surface area contributed by atoms with Gasteiger partial charge in [-0.2, -0.15) is 0 Å². The Morgan fingerprint density at radius 2 is 1.70 bits per heavy atom. The molecule has 0 amide bonds. The fraction of sp³-hybridized carbons (Fsp3) is 0.682. The standard InChI is InChI=1S/C22H31N5/c1-2-6-16(5-1)7-3-4-8-17-9-11-18(12-10-17)20-21-19-13-14-23-22(19)24-15-27(21)26-25-20/h13-18,23H,1-12H2. The molecule has 5 rings (SSSR count). The first-order chi connectivity index (χ1) is 13.4. The van der Waals surface area contributed by atoms with Gasteiger partial charge in [-0.1, -0.05) is 56.6 Å². The Labute approximate surface area is 160 Å². The topological polar surface area (TPSA) is 58.9 Å². The van der Waals surface area contributed by atoms with Crippen LogP contribution in [0.25, 0.3) is 16.6 Å². The molecule has 0 aromatic carbocycles. The fourth-order valence-electron chi connectivity index (χ4n) is 5.58. The van der Waals surface area contributed by atoms with Crippen molar-refractivity contribution >= 4 is 16.6 Å². The molecule has 5 nitrogen and oxygen atoms in total. The predicted molar refractivity (Wildman–Crippen MR) is 108 cm³/mol. The molecule has 5 heteroatoms. The van der Waals surface area contributed by atoms with Gasteiger partial charge in [-0.3, -0.25) is 0 Å². The number of aromatic nitrogens is 5. The van der Waals surface area contributed by atoms with E-state index in [0.717, 1.165) is 28.4 Å². The minimum atomic E-state index is 0.553. The van der Waals surface area contributed by atoms with Crippen molar-refractivity contribution in [2.45, 2.75) is 83.0 Å². The Hall–Kier alpha value is -1.91. The molecule has 0 atom stereocenters. The summed E-state index contributed by atoms with van der Waals surface area (Å²) in [7, 11) is 0. The van der Waals surface area contributed by atoms with E-state index in [1.807, 2.05) is 10.7 Å². The van der Waals surface area contributed by atoms with E-state index in [1.165, 1.54) is 82.7 Å². The van der Waals surface area contributed by atoms with Gasteiger partial charge in [0.2, 0.25) is 0 Å². The molecule has 0 spiro atoms. The Morgan fingerprint density at radius 3 is 2.48 bits per heavy atom. The molecule has 0 bridgehead atoms. The van der Waals surface area contributed by atoms with E-state index in [4.69, 9.17) is 0 Å². The molecule has 0 aliphatic heterocycles. The van der Waals surface area contributed by atoms with Gasteiger partial charge in [0.15, 0.2) is 0 Å². The smallest absolute Gasteiger partial charge is 0.141 e. The van der Waals surface area contributed by atoms with E-state index in [-0.39, 0.29) is 0 Å². The molecule has 144 valence electrons. The second kappa shape index (κ2) is 7.61. The third-order valence-electron chi connectivity index (χ3n) is 7.18. The second-order valence-electron chi connectivity index (χ2n) is 8.90. The van der Waals surface area contributed by atoms with Crippen molar-refractivity contribution in [3.05, 3.63) is 24.3 Å². The summed E-state index contributed by atoms with van der Waals surface area (Å²) in [6.07, 6.45) is 20.8. The zero-order chi connectivity index (χ0) is 18.1. The highest BCUT2D eigenvalue weighted by molar-refractivity contribution is 5.92. The van der Waals surface area contributed by atoms with Crippen LogP contribution < -0.4 is 0 Å². The maximum Gasteiger partial charge on any atom is 0.141 e. The van der Waals surface area contributed by atoms with Crippen molar-refractivity contribution in [2.75, 3.05) is 0 Å². The second-order valence-corrected chi connectivity index (χ2v) is 8.90. The SMILES string of the molecule is c1cc2c(ncn3nnc(C4CCC(CCCCC5CCCC5)CC4)c23)[nH]1. The summed E-state index contributed by atoms with van der Waals surface area (Å²) in [5.41, 5.74) is 3.27. The van der Waals surface area contributed by atoms with E-state index in [0.29, 0.717) is 5.92 Å². The summed E-state index contributed by atoms with van der Waals surface area (Å²) in [5.74, 6) is 2.54.